The van der Waals surface area contributed by atoms with Crippen molar-refractivity contribution in [1.29, 1.82) is 0 Å². The van der Waals surface area contributed by atoms with Crippen LogP contribution in [0.25, 0.3) is 0 Å². The number of nitrogens with zero attached hydrogens (tertiary/aromatic N) is 1. The van der Waals surface area contributed by atoms with E-state index in [1.807, 2.05) is 7.05 Å². The van der Waals surface area contributed by atoms with E-state index >= 15 is 0 Å². The van der Waals surface area contributed by atoms with Crippen LogP contribution in [0.3, 0.4) is 0 Å². The topological polar surface area (TPSA) is 15.3 Å². The van der Waals surface area contributed by atoms with Gasteiger partial charge < -0.3 is 10.2 Å². The number of hydrogen-bond donors (Lipinski definition) is 1. The van der Waals surface area contributed by atoms with Gasteiger partial charge in [0.2, 0.25) is 0 Å². The maximum Gasteiger partial charge on any atom is 0.0642 e. The molecule has 0 aliphatic carbocycles. The number of rotatable bonds is 6. The predicted octanol–water partition coefficient (Wildman–Crippen LogP) is 4.49. The van der Waals surface area contributed by atoms with Gasteiger partial charge in [-0.25, -0.2) is 0 Å². The largest absolute Gasteiger partial charge is 0.368 e. The summed E-state index contributed by atoms with van der Waals surface area (Å²) in [4.78, 5) is 2.38. The Kier molecular flexibility index (Phi) is 6.15. The summed E-state index contributed by atoms with van der Waals surface area (Å²) in [6.07, 6.45) is 0. The van der Waals surface area contributed by atoms with Gasteiger partial charge in [0.1, 0.15) is 0 Å². The van der Waals surface area contributed by atoms with Crippen molar-refractivity contribution < 1.29 is 0 Å². The molecule has 0 radical (unpaired) electrons. The summed E-state index contributed by atoms with van der Waals surface area (Å²) < 4.78 is 0. The predicted molar refractivity (Wildman–Crippen MR) is 86.2 cm³/mol. The van der Waals surface area contributed by atoms with Crippen LogP contribution >= 0.6 is 11.6 Å². The fourth-order valence-electron chi connectivity index (χ4n) is 2.17. The second-order valence-electron chi connectivity index (χ2n) is 5.86. The van der Waals surface area contributed by atoms with E-state index in [4.69, 9.17) is 11.6 Å². The summed E-state index contributed by atoms with van der Waals surface area (Å²) in [7, 11) is 1.96. The van der Waals surface area contributed by atoms with E-state index in [9.17, 15) is 0 Å². The van der Waals surface area contributed by atoms with Crippen LogP contribution in [-0.2, 0) is 0 Å². The molecule has 1 unspecified atom stereocenters. The minimum absolute atomic E-state index is 0.323. The lowest BCUT2D eigenvalue weighted by Crippen LogP contribution is -2.34. The molecule has 0 fully saturated rings. The Morgan fingerprint density at radius 1 is 1.16 bits per heavy atom. The maximum atomic E-state index is 6.48. The maximum absolute atomic E-state index is 6.48. The highest BCUT2D eigenvalue weighted by atomic mass is 35.5. The third-order valence-electron chi connectivity index (χ3n) is 3.40. The SMILES string of the molecule is CNC(C)c1ccc(N(CC(C)C)C(C)C)c(Cl)c1. The standard InChI is InChI=1S/C16H27ClN2/c1-11(2)10-19(12(3)4)16-8-7-14(9-15(16)17)13(5)18-6/h7-9,11-13,18H,10H2,1-6H3. The molecule has 108 valence electrons. The first-order valence-electron chi connectivity index (χ1n) is 7.10. The molecule has 1 aromatic carbocycles. The van der Waals surface area contributed by atoms with Crippen molar-refractivity contribution in [1.82, 2.24) is 5.32 Å². The van der Waals surface area contributed by atoms with E-state index in [0.717, 1.165) is 17.3 Å². The van der Waals surface area contributed by atoms with Crippen molar-refractivity contribution in [3.05, 3.63) is 28.8 Å². The Morgan fingerprint density at radius 2 is 1.79 bits per heavy atom. The summed E-state index contributed by atoms with van der Waals surface area (Å²) in [5.74, 6) is 0.620. The first-order chi connectivity index (χ1) is 8.86. The van der Waals surface area contributed by atoms with Crippen LogP contribution in [0.5, 0.6) is 0 Å². The molecule has 1 aromatic rings. The molecule has 0 aliphatic rings. The van der Waals surface area contributed by atoms with Crippen molar-refractivity contribution in [3.63, 3.8) is 0 Å². The minimum atomic E-state index is 0.323. The molecule has 2 nitrogen and oxygen atoms in total. The van der Waals surface area contributed by atoms with Crippen LogP contribution in [0.15, 0.2) is 18.2 Å². The third kappa shape index (κ3) is 4.39. The number of anilines is 1. The summed E-state index contributed by atoms with van der Waals surface area (Å²) >= 11 is 6.48. The molecule has 1 N–H and O–H groups in total. The Labute approximate surface area is 123 Å². The van der Waals surface area contributed by atoms with E-state index in [2.05, 4.69) is 63.0 Å². The zero-order valence-corrected chi connectivity index (χ0v) is 13.8. The van der Waals surface area contributed by atoms with Gasteiger partial charge in [-0.3, -0.25) is 0 Å². The van der Waals surface area contributed by atoms with E-state index in [1.54, 1.807) is 0 Å². The van der Waals surface area contributed by atoms with Crippen molar-refractivity contribution >= 4 is 17.3 Å². The highest BCUT2D eigenvalue weighted by Gasteiger charge is 2.16. The first-order valence-corrected chi connectivity index (χ1v) is 7.48. The highest BCUT2D eigenvalue weighted by Crippen LogP contribution is 2.30. The van der Waals surface area contributed by atoms with Gasteiger partial charge in [0.15, 0.2) is 0 Å². The Morgan fingerprint density at radius 3 is 2.21 bits per heavy atom. The molecular weight excluding hydrogens is 256 g/mol. The number of benzene rings is 1. The van der Waals surface area contributed by atoms with Gasteiger partial charge in [0.25, 0.3) is 0 Å². The molecule has 0 aromatic heterocycles. The lowest BCUT2D eigenvalue weighted by molar-refractivity contribution is 0.571. The van der Waals surface area contributed by atoms with E-state index in [1.165, 1.54) is 5.56 Å². The van der Waals surface area contributed by atoms with Gasteiger partial charge in [-0.15, -0.1) is 0 Å². The van der Waals surface area contributed by atoms with Crippen LogP contribution < -0.4 is 10.2 Å². The van der Waals surface area contributed by atoms with Gasteiger partial charge in [0, 0.05) is 18.6 Å². The van der Waals surface area contributed by atoms with Gasteiger partial charge in [-0.2, -0.15) is 0 Å². The number of halogens is 1. The van der Waals surface area contributed by atoms with Gasteiger partial charge in [0.05, 0.1) is 10.7 Å². The van der Waals surface area contributed by atoms with Crippen LogP contribution in [0.2, 0.25) is 5.02 Å². The van der Waals surface area contributed by atoms with Crippen molar-refractivity contribution in [2.24, 2.45) is 5.92 Å². The second kappa shape index (κ2) is 7.16. The summed E-state index contributed by atoms with van der Waals surface area (Å²) in [6.45, 7) is 12.1. The van der Waals surface area contributed by atoms with Gasteiger partial charge in [-0.1, -0.05) is 31.5 Å². The zero-order chi connectivity index (χ0) is 14.6. The Balaban J connectivity index is 3.05. The average molecular weight is 283 g/mol. The molecule has 1 rings (SSSR count). The monoisotopic (exact) mass is 282 g/mol. The van der Waals surface area contributed by atoms with Gasteiger partial charge in [-0.05, 0) is 51.4 Å². The zero-order valence-electron chi connectivity index (χ0n) is 13.0. The molecule has 1 atom stereocenters. The third-order valence-corrected chi connectivity index (χ3v) is 3.70. The summed E-state index contributed by atoms with van der Waals surface area (Å²) in [5, 5.41) is 4.08. The molecule has 0 spiro atoms. The van der Waals surface area contributed by atoms with Crippen LogP contribution in [0.4, 0.5) is 5.69 Å². The fraction of sp³-hybridized carbons (Fsp3) is 0.625. The summed E-state index contributed by atoms with van der Waals surface area (Å²) in [5.41, 5.74) is 2.36. The quantitative estimate of drug-likeness (QED) is 0.827. The van der Waals surface area contributed by atoms with Crippen LogP contribution in [-0.4, -0.2) is 19.6 Å². The molecule has 0 heterocycles. The number of nitrogens with one attached hydrogen (secondary N) is 1. The molecule has 0 saturated heterocycles. The Bertz CT molecular complexity index is 402. The van der Waals surface area contributed by atoms with Crippen molar-refractivity contribution in [2.75, 3.05) is 18.5 Å². The molecule has 19 heavy (non-hydrogen) atoms. The molecule has 3 heteroatoms. The van der Waals surface area contributed by atoms with Crippen molar-refractivity contribution in [2.45, 2.75) is 46.7 Å². The summed E-state index contributed by atoms with van der Waals surface area (Å²) in [6, 6.07) is 7.16. The van der Waals surface area contributed by atoms with E-state index in [0.29, 0.717) is 18.0 Å². The first kappa shape index (κ1) is 16.3. The smallest absolute Gasteiger partial charge is 0.0642 e. The average Bonchev–Trinajstić information content (AvgIpc) is 2.34. The molecule has 0 aliphatic heterocycles. The molecular formula is C16H27ClN2. The number of hydrogen-bond acceptors (Lipinski definition) is 2. The van der Waals surface area contributed by atoms with Gasteiger partial charge >= 0.3 is 0 Å². The second-order valence-corrected chi connectivity index (χ2v) is 6.27. The lowest BCUT2D eigenvalue weighted by atomic mass is 10.1. The van der Waals surface area contributed by atoms with E-state index < -0.39 is 0 Å². The highest BCUT2D eigenvalue weighted by molar-refractivity contribution is 6.33. The van der Waals surface area contributed by atoms with Crippen LogP contribution in [0.1, 0.15) is 46.2 Å². The molecule has 0 bridgehead atoms. The van der Waals surface area contributed by atoms with Crippen LogP contribution in [0, 0.1) is 5.92 Å². The molecule has 0 amide bonds. The Hall–Kier alpha value is -0.730. The minimum Gasteiger partial charge on any atom is -0.368 e. The lowest BCUT2D eigenvalue weighted by Gasteiger charge is -2.32. The fourth-order valence-corrected chi connectivity index (χ4v) is 2.47. The van der Waals surface area contributed by atoms with E-state index in [-0.39, 0.29) is 0 Å². The normalized spacial score (nSPS) is 13.1. The molecule has 0 saturated carbocycles. The van der Waals surface area contributed by atoms with Crippen molar-refractivity contribution in [3.8, 4) is 0 Å².